The quantitative estimate of drug-likeness (QED) is 0.774. The van der Waals surface area contributed by atoms with Crippen LogP contribution in [0.4, 0.5) is 5.82 Å². The third-order valence-electron chi connectivity index (χ3n) is 3.49. The van der Waals surface area contributed by atoms with Gasteiger partial charge >= 0.3 is 0 Å². The van der Waals surface area contributed by atoms with Crippen LogP contribution in [0.25, 0.3) is 5.69 Å². The molecule has 6 heteroatoms. The van der Waals surface area contributed by atoms with E-state index in [1.165, 1.54) is 4.80 Å². The molecule has 0 saturated heterocycles. The predicted octanol–water partition coefficient (Wildman–Crippen LogP) is 2.34. The molecular formula is C17H17N5O. The summed E-state index contributed by atoms with van der Waals surface area (Å²) in [5.41, 5.74) is 7.71. The molecule has 116 valence electrons. The molecule has 0 aliphatic rings. The number of carbonyl (C=O) groups is 1. The van der Waals surface area contributed by atoms with Crippen molar-refractivity contribution in [1.82, 2.24) is 20.3 Å². The van der Waals surface area contributed by atoms with Gasteiger partial charge in [-0.05, 0) is 24.6 Å². The molecule has 1 amide bonds. The first-order chi connectivity index (χ1) is 11.1. The number of nitrogens with zero attached hydrogens (tertiary/aromatic N) is 3. The molecule has 1 aromatic heterocycles. The van der Waals surface area contributed by atoms with Gasteiger partial charge in [0.2, 0.25) is 0 Å². The molecule has 1 heterocycles. The molecule has 23 heavy (non-hydrogen) atoms. The lowest BCUT2D eigenvalue weighted by Crippen LogP contribution is -2.27. The molecule has 3 rings (SSSR count). The molecule has 0 aliphatic carbocycles. The van der Waals surface area contributed by atoms with Crippen LogP contribution in [0, 0.1) is 0 Å². The van der Waals surface area contributed by atoms with E-state index in [0.717, 1.165) is 11.3 Å². The van der Waals surface area contributed by atoms with E-state index < -0.39 is 0 Å². The molecular weight excluding hydrogens is 290 g/mol. The Balaban J connectivity index is 1.79. The number of nitrogens with one attached hydrogen (secondary N) is 1. The Morgan fingerprint density at radius 3 is 2.30 bits per heavy atom. The van der Waals surface area contributed by atoms with E-state index in [0.29, 0.717) is 0 Å². The van der Waals surface area contributed by atoms with Crippen LogP contribution in [0.5, 0.6) is 0 Å². The fourth-order valence-electron chi connectivity index (χ4n) is 2.25. The summed E-state index contributed by atoms with van der Waals surface area (Å²) < 4.78 is 0. The van der Waals surface area contributed by atoms with Crippen LogP contribution in [0.15, 0.2) is 60.7 Å². The van der Waals surface area contributed by atoms with E-state index in [-0.39, 0.29) is 23.5 Å². The third kappa shape index (κ3) is 3.21. The Labute approximate surface area is 133 Å². The summed E-state index contributed by atoms with van der Waals surface area (Å²) in [5.74, 6) is -0.243. The standard InChI is InChI=1S/C17H17N5O/c1-12(13-8-4-2-5-9-13)19-17(23)15-16(18)21-22(20-15)14-10-6-3-7-11-14/h2-12H,1H3,(H2,18,21)(H,19,23). The van der Waals surface area contributed by atoms with Crippen molar-refractivity contribution < 1.29 is 4.79 Å². The molecule has 0 bridgehead atoms. The average Bonchev–Trinajstić information content (AvgIpc) is 2.98. The molecule has 1 unspecified atom stereocenters. The van der Waals surface area contributed by atoms with Crippen LogP contribution < -0.4 is 11.1 Å². The number of amides is 1. The van der Waals surface area contributed by atoms with Crippen LogP contribution in [0.2, 0.25) is 0 Å². The van der Waals surface area contributed by atoms with Crippen molar-refractivity contribution in [3.05, 3.63) is 71.9 Å². The number of carbonyl (C=O) groups excluding carboxylic acids is 1. The maximum Gasteiger partial charge on any atom is 0.276 e. The first-order valence-corrected chi connectivity index (χ1v) is 7.29. The fourth-order valence-corrected chi connectivity index (χ4v) is 2.25. The van der Waals surface area contributed by atoms with Crippen LogP contribution in [-0.2, 0) is 0 Å². The van der Waals surface area contributed by atoms with E-state index >= 15 is 0 Å². The van der Waals surface area contributed by atoms with E-state index in [9.17, 15) is 4.79 Å². The summed E-state index contributed by atoms with van der Waals surface area (Å²) in [6.07, 6.45) is 0. The van der Waals surface area contributed by atoms with E-state index in [1.54, 1.807) is 0 Å². The van der Waals surface area contributed by atoms with Crippen molar-refractivity contribution in [3.63, 3.8) is 0 Å². The second-order valence-corrected chi connectivity index (χ2v) is 5.16. The molecule has 0 fully saturated rings. The van der Waals surface area contributed by atoms with E-state index in [2.05, 4.69) is 15.5 Å². The number of rotatable bonds is 4. The highest BCUT2D eigenvalue weighted by Gasteiger charge is 2.19. The maximum absolute atomic E-state index is 12.4. The Kier molecular flexibility index (Phi) is 4.05. The van der Waals surface area contributed by atoms with E-state index in [4.69, 9.17) is 5.73 Å². The third-order valence-corrected chi connectivity index (χ3v) is 3.49. The van der Waals surface area contributed by atoms with Gasteiger partial charge in [0, 0.05) is 0 Å². The Hall–Kier alpha value is -3.15. The highest BCUT2D eigenvalue weighted by atomic mass is 16.2. The summed E-state index contributed by atoms with van der Waals surface area (Å²) in [5, 5.41) is 11.2. The first kappa shape index (κ1) is 14.8. The van der Waals surface area contributed by atoms with Gasteiger partial charge in [-0.25, -0.2) is 0 Å². The average molecular weight is 307 g/mol. The van der Waals surface area contributed by atoms with Crippen molar-refractivity contribution in [3.8, 4) is 5.69 Å². The van der Waals surface area contributed by atoms with Gasteiger partial charge in [0.05, 0.1) is 11.7 Å². The molecule has 0 spiro atoms. The van der Waals surface area contributed by atoms with Gasteiger partial charge in [0.1, 0.15) is 0 Å². The molecule has 3 aromatic rings. The predicted molar refractivity (Wildman–Crippen MR) is 88.1 cm³/mol. The minimum atomic E-state index is -0.346. The Morgan fingerprint density at radius 2 is 1.65 bits per heavy atom. The number of benzene rings is 2. The molecule has 2 aromatic carbocycles. The van der Waals surface area contributed by atoms with Crippen molar-refractivity contribution in [1.29, 1.82) is 0 Å². The number of nitrogen functional groups attached to an aromatic ring is 1. The Morgan fingerprint density at radius 1 is 1.04 bits per heavy atom. The highest BCUT2D eigenvalue weighted by molar-refractivity contribution is 5.96. The van der Waals surface area contributed by atoms with Crippen molar-refractivity contribution in [2.24, 2.45) is 0 Å². The van der Waals surface area contributed by atoms with E-state index in [1.807, 2.05) is 67.6 Å². The zero-order chi connectivity index (χ0) is 16.2. The van der Waals surface area contributed by atoms with Gasteiger partial charge < -0.3 is 11.1 Å². The highest BCUT2D eigenvalue weighted by Crippen LogP contribution is 2.14. The van der Waals surface area contributed by atoms with Gasteiger partial charge in [0.15, 0.2) is 11.5 Å². The molecule has 1 atom stereocenters. The van der Waals surface area contributed by atoms with Crippen molar-refractivity contribution in [2.45, 2.75) is 13.0 Å². The van der Waals surface area contributed by atoms with Crippen molar-refractivity contribution in [2.75, 3.05) is 5.73 Å². The second-order valence-electron chi connectivity index (χ2n) is 5.16. The van der Waals surface area contributed by atoms with Gasteiger partial charge in [0.25, 0.3) is 5.91 Å². The number of aromatic nitrogens is 3. The van der Waals surface area contributed by atoms with Gasteiger partial charge in [-0.15, -0.1) is 15.0 Å². The monoisotopic (exact) mass is 307 g/mol. The first-order valence-electron chi connectivity index (χ1n) is 7.29. The summed E-state index contributed by atoms with van der Waals surface area (Å²) in [6.45, 7) is 1.91. The minimum Gasteiger partial charge on any atom is -0.380 e. The lowest BCUT2D eigenvalue weighted by molar-refractivity contribution is 0.0935. The van der Waals surface area contributed by atoms with Crippen LogP contribution in [0.1, 0.15) is 29.0 Å². The zero-order valence-corrected chi connectivity index (χ0v) is 12.7. The molecule has 0 saturated carbocycles. The summed E-state index contributed by atoms with van der Waals surface area (Å²) in [7, 11) is 0. The van der Waals surface area contributed by atoms with Crippen LogP contribution >= 0.6 is 0 Å². The van der Waals surface area contributed by atoms with Gasteiger partial charge in [-0.3, -0.25) is 4.79 Å². The van der Waals surface area contributed by atoms with Crippen molar-refractivity contribution >= 4 is 11.7 Å². The SMILES string of the molecule is CC(NC(=O)c1nn(-c2ccccc2)nc1N)c1ccccc1. The minimum absolute atomic E-state index is 0.103. The number of hydrogen-bond acceptors (Lipinski definition) is 4. The second kappa shape index (κ2) is 6.31. The molecule has 0 radical (unpaired) electrons. The number of para-hydroxylation sites is 1. The van der Waals surface area contributed by atoms with Gasteiger partial charge in [-0.2, -0.15) is 0 Å². The van der Waals surface area contributed by atoms with Crippen LogP contribution in [-0.4, -0.2) is 20.9 Å². The lowest BCUT2D eigenvalue weighted by Gasteiger charge is -2.13. The molecule has 3 N–H and O–H groups in total. The van der Waals surface area contributed by atoms with Gasteiger partial charge in [-0.1, -0.05) is 48.5 Å². The number of nitrogens with two attached hydrogens (primary N) is 1. The summed E-state index contributed by atoms with van der Waals surface area (Å²) in [6, 6.07) is 18.9. The van der Waals surface area contributed by atoms with Crippen LogP contribution in [0.3, 0.4) is 0 Å². The topological polar surface area (TPSA) is 85.8 Å². The zero-order valence-electron chi connectivity index (χ0n) is 12.7. The fraction of sp³-hybridized carbons (Fsp3) is 0.118. The lowest BCUT2D eigenvalue weighted by atomic mass is 10.1. The maximum atomic E-state index is 12.4. The normalized spacial score (nSPS) is 11.9. The molecule has 6 nitrogen and oxygen atoms in total. The number of hydrogen-bond donors (Lipinski definition) is 2. The Bertz CT molecular complexity index is 798. The summed E-state index contributed by atoms with van der Waals surface area (Å²) in [4.78, 5) is 13.7. The smallest absolute Gasteiger partial charge is 0.276 e. The number of anilines is 1. The largest absolute Gasteiger partial charge is 0.380 e. The summed E-state index contributed by atoms with van der Waals surface area (Å²) >= 11 is 0. The molecule has 0 aliphatic heterocycles.